The number of aliphatic carboxylic acids is 1. The molecule has 7 atom stereocenters. The normalized spacial score (nSPS) is 22.5. The number of hydrogen-bond donors (Lipinski definition) is 4. The first-order chi connectivity index (χ1) is 27.9. The summed E-state index contributed by atoms with van der Waals surface area (Å²) >= 11 is 1.13. The lowest BCUT2D eigenvalue weighted by Gasteiger charge is -2.39. The van der Waals surface area contributed by atoms with Gasteiger partial charge in [0, 0.05) is 31.2 Å². The number of nitrogens with one attached hydrogen (secondary N) is 2. The van der Waals surface area contributed by atoms with E-state index in [0.717, 1.165) is 36.3 Å². The van der Waals surface area contributed by atoms with Gasteiger partial charge in [0.05, 0.1) is 23.6 Å². The number of hydroxylamine groups is 2. The number of amides is 3. The molecule has 1 aliphatic heterocycles. The topological polar surface area (TPSA) is 188 Å². The summed E-state index contributed by atoms with van der Waals surface area (Å²) < 4.78 is 5.92. The molecule has 1 saturated carbocycles. The van der Waals surface area contributed by atoms with Crippen LogP contribution < -0.4 is 10.6 Å². The first-order valence-corrected chi connectivity index (χ1v) is 21.6. The Kier molecular flexibility index (Phi) is 16.5. The van der Waals surface area contributed by atoms with Crippen molar-refractivity contribution in [3.05, 3.63) is 45.9 Å². The van der Waals surface area contributed by atoms with Crippen LogP contribution in [0.4, 0.5) is 0 Å². The molecule has 2 fully saturated rings. The first kappa shape index (κ1) is 47.2. The zero-order valence-corrected chi connectivity index (χ0v) is 36.6. The first-order valence-electron chi connectivity index (χ1n) is 20.7. The highest BCUT2D eigenvalue weighted by molar-refractivity contribution is 7.09. The Bertz CT molecular complexity index is 1820. The Hall–Kier alpha value is -4.52. The monoisotopic (exact) mass is 837 g/mol. The van der Waals surface area contributed by atoms with E-state index in [2.05, 4.69) is 21.5 Å². The zero-order valence-electron chi connectivity index (χ0n) is 35.8. The SMILES string of the molecule is C#CCCCON(C(=O)[C@@H](NC(=O)[C@H]1CCCCN1C)[C@@H](C)CC)C1(C[C@@H](OC(C)=O)c2nc(C(=O)N[C@@H](Cc3ccc(O)cc3)CC(C)(C)C(=O)O)cs2)C(C)C1C. The molecule has 1 aromatic carbocycles. The number of terminal acetylenes is 1. The number of carboxylic acid groups (broad SMARTS) is 1. The number of thiazole rings is 1. The molecule has 1 aliphatic carbocycles. The zero-order chi connectivity index (χ0) is 43.7. The van der Waals surface area contributed by atoms with Gasteiger partial charge in [-0.05, 0) is 95.0 Å². The van der Waals surface area contributed by atoms with Crippen LogP contribution in [0.25, 0.3) is 0 Å². The van der Waals surface area contributed by atoms with Gasteiger partial charge in [0.1, 0.15) is 22.5 Å². The summed E-state index contributed by atoms with van der Waals surface area (Å²) in [5, 5.41) is 29.0. The van der Waals surface area contributed by atoms with Crippen LogP contribution in [-0.4, -0.2) is 98.7 Å². The Morgan fingerprint density at radius 3 is 2.39 bits per heavy atom. The molecule has 15 heteroatoms. The van der Waals surface area contributed by atoms with E-state index < -0.39 is 52.9 Å². The minimum Gasteiger partial charge on any atom is -0.508 e. The van der Waals surface area contributed by atoms with E-state index in [4.69, 9.17) is 16.0 Å². The number of carbonyl (C=O) groups is 5. The van der Waals surface area contributed by atoms with Crippen LogP contribution in [0.15, 0.2) is 29.6 Å². The molecular formula is C44H63N5O9S. The number of carboxylic acids is 1. The number of likely N-dealkylation sites (tertiary alicyclic amines) is 1. The fourth-order valence-electron chi connectivity index (χ4n) is 8.12. The highest BCUT2D eigenvalue weighted by Crippen LogP contribution is 2.59. The number of ether oxygens (including phenoxy) is 1. The van der Waals surface area contributed by atoms with Crippen LogP contribution in [0.5, 0.6) is 5.75 Å². The van der Waals surface area contributed by atoms with E-state index in [-0.39, 0.29) is 60.6 Å². The summed E-state index contributed by atoms with van der Waals surface area (Å²) in [4.78, 5) is 80.3. The van der Waals surface area contributed by atoms with Crippen molar-refractivity contribution in [2.75, 3.05) is 20.2 Å². The molecule has 324 valence electrons. The number of benzene rings is 1. The summed E-state index contributed by atoms with van der Waals surface area (Å²) in [5.74, 6) is -0.491. The second kappa shape index (κ2) is 20.6. The number of esters is 1. The Labute approximate surface area is 352 Å². The number of carbonyl (C=O) groups excluding carboxylic acids is 4. The van der Waals surface area contributed by atoms with E-state index in [1.165, 1.54) is 24.1 Å². The van der Waals surface area contributed by atoms with Crippen molar-refractivity contribution in [1.29, 1.82) is 0 Å². The van der Waals surface area contributed by atoms with Gasteiger partial charge in [-0.2, -0.15) is 0 Å². The summed E-state index contributed by atoms with van der Waals surface area (Å²) in [7, 11) is 1.92. The van der Waals surface area contributed by atoms with Gasteiger partial charge in [0.2, 0.25) is 5.91 Å². The van der Waals surface area contributed by atoms with Crippen molar-refractivity contribution in [3.63, 3.8) is 0 Å². The molecule has 4 rings (SSSR count). The maximum absolute atomic E-state index is 14.9. The van der Waals surface area contributed by atoms with Gasteiger partial charge >= 0.3 is 11.9 Å². The van der Waals surface area contributed by atoms with Gasteiger partial charge in [-0.25, -0.2) is 10.0 Å². The average molecular weight is 838 g/mol. The summed E-state index contributed by atoms with van der Waals surface area (Å²) in [5.41, 5.74) is -1.29. The molecule has 1 aromatic heterocycles. The summed E-state index contributed by atoms with van der Waals surface area (Å²) in [6, 6.07) is 4.63. The number of rotatable bonds is 21. The summed E-state index contributed by atoms with van der Waals surface area (Å²) in [6.45, 7) is 13.3. The van der Waals surface area contributed by atoms with Crippen LogP contribution in [0.2, 0.25) is 0 Å². The number of aromatic hydroxyl groups is 1. The van der Waals surface area contributed by atoms with E-state index in [9.17, 15) is 34.2 Å². The van der Waals surface area contributed by atoms with Crippen molar-refractivity contribution < 1.29 is 43.8 Å². The molecule has 2 heterocycles. The fourth-order valence-corrected chi connectivity index (χ4v) is 8.95. The number of phenolic OH excluding ortho intramolecular Hbond substituents is 1. The van der Waals surface area contributed by atoms with Crippen LogP contribution in [0, 0.1) is 35.5 Å². The lowest BCUT2D eigenvalue weighted by atomic mass is 9.84. The smallest absolute Gasteiger partial charge is 0.309 e. The van der Waals surface area contributed by atoms with Gasteiger partial charge < -0.3 is 25.6 Å². The van der Waals surface area contributed by atoms with Crippen LogP contribution in [0.3, 0.4) is 0 Å². The number of piperidine rings is 1. The third kappa shape index (κ3) is 11.8. The van der Waals surface area contributed by atoms with Crippen LogP contribution in [-0.2, 0) is 35.2 Å². The molecule has 2 aliphatic rings. The second-order valence-corrected chi connectivity index (χ2v) is 17.9. The van der Waals surface area contributed by atoms with E-state index >= 15 is 0 Å². The third-order valence-electron chi connectivity index (χ3n) is 12.3. The highest BCUT2D eigenvalue weighted by Gasteiger charge is 2.67. The molecule has 2 unspecified atom stereocenters. The maximum Gasteiger partial charge on any atom is 0.309 e. The highest BCUT2D eigenvalue weighted by atomic mass is 32.1. The average Bonchev–Trinajstić information content (AvgIpc) is 3.48. The number of hydrogen-bond acceptors (Lipinski definition) is 11. The number of likely N-dealkylation sites (N-methyl/N-ethyl adjacent to an activating group) is 1. The second-order valence-electron chi connectivity index (χ2n) is 17.0. The predicted molar refractivity (Wildman–Crippen MR) is 224 cm³/mol. The van der Waals surface area contributed by atoms with Gasteiger partial charge in [0.15, 0.2) is 6.10 Å². The molecule has 59 heavy (non-hydrogen) atoms. The molecule has 0 bridgehead atoms. The van der Waals surface area contributed by atoms with E-state index in [1.54, 1.807) is 31.4 Å². The molecule has 3 amide bonds. The molecular weight excluding hydrogens is 775 g/mol. The van der Waals surface area contributed by atoms with Gasteiger partial charge in [-0.3, -0.25) is 33.7 Å². The fraction of sp³-hybridized carbons (Fsp3) is 0.636. The van der Waals surface area contributed by atoms with Crippen molar-refractivity contribution in [2.45, 2.75) is 136 Å². The summed E-state index contributed by atoms with van der Waals surface area (Å²) in [6.07, 6.45) is 9.26. The van der Waals surface area contributed by atoms with Gasteiger partial charge in [0.25, 0.3) is 11.8 Å². The Morgan fingerprint density at radius 2 is 1.81 bits per heavy atom. The molecule has 1 saturated heterocycles. The molecule has 4 N–H and O–H groups in total. The van der Waals surface area contributed by atoms with Gasteiger partial charge in [-0.1, -0.05) is 52.7 Å². The van der Waals surface area contributed by atoms with Crippen molar-refractivity contribution in [3.8, 4) is 18.1 Å². The molecule has 2 aromatic rings. The number of phenols is 1. The number of unbranched alkanes of at least 4 members (excludes halogenated alkanes) is 1. The lowest BCUT2D eigenvalue weighted by molar-refractivity contribution is -0.217. The Morgan fingerprint density at radius 1 is 1.14 bits per heavy atom. The minimum atomic E-state index is -1.16. The lowest BCUT2D eigenvalue weighted by Crippen LogP contribution is -2.59. The van der Waals surface area contributed by atoms with Crippen molar-refractivity contribution in [2.24, 2.45) is 23.2 Å². The number of nitrogens with zero attached hydrogens (tertiary/aromatic N) is 3. The van der Waals surface area contributed by atoms with Crippen LogP contribution in [0.1, 0.15) is 127 Å². The van der Waals surface area contributed by atoms with Crippen molar-refractivity contribution >= 4 is 41.0 Å². The quantitative estimate of drug-likeness (QED) is 0.0508. The molecule has 0 spiro atoms. The predicted octanol–water partition coefficient (Wildman–Crippen LogP) is 5.90. The number of aromatic nitrogens is 1. The van der Waals surface area contributed by atoms with Crippen molar-refractivity contribution in [1.82, 2.24) is 25.6 Å². The molecule has 0 radical (unpaired) electrons. The van der Waals surface area contributed by atoms with Crippen LogP contribution >= 0.6 is 11.3 Å². The van der Waals surface area contributed by atoms with E-state index in [1.807, 2.05) is 39.6 Å². The van der Waals surface area contributed by atoms with Gasteiger partial charge in [-0.15, -0.1) is 23.7 Å². The maximum atomic E-state index is 14.9. The standard InChI is InChI=1S/C44H63N5O9S/c1-10-12-15-22-57-49(41(54)37(27(3)11-2)47-39(53)35-16-13-14-21-48(35)9)44(28(4)29(44)5)25-36(58-30(6)50)40-46-34(26-59-40)38(52)45-32(24-43(7,8)42(55)56)23-31-17-19-33(51)20-18-31/h1,17-20,26-29,32,35-37,51H,11-16,21-25H2,2-9H3,(H,45,52)(H,47,53)(H,55,56)/t27-,28?,29?,32-,35+,36+,37-,44?/m0/s1. The minimum absolute atomic E-state index is 0.0580. The molecule has 14 nitrogen and oxygen atoms in total. The Balaban J connectivity index is 1.65. The third-order valence-corrected chi connectivity index (χ3v) is 13.2. The largest absolute Gasteiger partial charge is 0.508 e. The van der Waals surface area contributed by atoms with E-state index in [0.29, 0.717) is 37.1 Å².